The summed E-state index contributed by atoms with van der Waals surface area (Å²) in [5.74, 6) is -0.789. The third kappa shape index (κ3) is 4.16. The summed E-state index contributed by atoms with van der Waals surface area (Å²) >= 11 is 11.5. The van der Waals surface area contributed by atoms with Gasteiger partial charge in [-0.3, -0.25) is 0 Å². The second-order valence-electron chi connectivity index (χ2n) is 4.72. The van der Waals surface area contributed by atoms with Gasteiger partial charge in [0.2, 0.25) is 0 Å². The molecule has 112 valence electrons. The van der Waals surface area contributed by atoms with Crippen LogP contribution in [-0.2, 0) is 6.42 Å². The zero-order valence-corrected chi connectivity index (χ0v) is 13.0. The van der Waals surface area contributed by atoms with E-state index in [4.69, 9.17) is 23.2 Å². The molecule has 2 rings (SSSR count). The Bertz CT molecular complexity index is 632. The van der Waals surface area contributed by atoms with Crippen LogP contribution in [0.3, 0.4) is 0 Å². The van der Waals surface area contributed by atoms with Crippen molar-refractivity contribution in [1.82, 2.24) is 5.32 Å². The van der Waals surface area contributed by atoms with Crippen molar-refractivity contribution in [2.45, 2.75) is 19.4 Å². The summed E-state index contributed by atoms with van der Waals surface area (Å²) in [6.07, 6.45) is 0.329. The first-order valence-electron chi connectivity index (χ1n) is 6.63. The highest BCUT2D eigenvalue weighted by Gasteiger charge is 2.17. The molecule has 1 N–H and O–H groups in total. The molecule has 0 radical (unpaired) electrons. The molecule has 21 heavy (non-hydrogen) atoms. The standard InChI is InChI=1S/C16H15Cl2F2N/c1-2-21-16(13-6-5-12(18)9-15(13)20)7-10-3-4-11(17)8-14(10)19/h3-6,8-9,16,21H,2,7H2,1H3. The van der Waals surface area contributed by atoms with Gasteiger partial charge in [-0.2, -0.15) is 0 Å². The maximum atomic E-state index is 14.1. The van der Waals surface area contributed by atoms with Crippen LogP contribution in [0.4, 0.5) is 8.78 Å². The Balaban J connectivity index is 2.30. The van der Waals surface area contributed by atoms with Crippen molar-refractivity contribution in [3.63, 3.8) is 0 Å². The molecule has 1 atom stereocenters. The molecule has 1 unspecified atom stereocenters. The van der Waals surface area contributed by atoms with E-state index in [0.29, 0.717) is 34.1 Å². The molecule has 0 bridgehead atoms. The maximum absolute atomic E-state index is 14.1. The average molecular weight is 330 g/mol. The topological polar surface area (TPSA) is 12.0 Å². The number of hydrogen-bond acceptors (Lipinski definition) is 1. The Hall–Kier alpha value is -1.16. The van der Waals surface area contributed by atoms with Gasteiger partial charge in [0.15, 0.2) is 0 Å². The van der Waals surface area contributed by atoms with E-state index in [1.807, 2.05) is 6.92 Å². The van der Waals surface area contributed by atoms with Crippen LogP contribution in [0.15, 0.2) is 36.4 Å². The Morgan fingerprint density at radius 1 is 1.00 bits per heavy atom. The predicted molar refractivity (Wildman–Crippen MR) is 82.9 cm³/mol. The number of nitrogens with one attached hydrogen (secondary N) is 1. The highest BCUT2D eigenvalue weighted by molar-refractivity contribution is 6.30. The van der Waals surface area contributed by atoms with Gasteiger partial charge in [0.05, 0.1) is 0 Å². The van der Waals surface area contributed by atoms with Gasteiger partial charge in [0, 0.05) is 21.7 Å². The number of likely N-dealkylation sites (N-methyl/N-ethyl adjacent to an activating group) is 1. The van der Waals surface area contributed by atoms with Crippen molar-refractivity contribution in [3.8, 4) is 0 Å². The van der Waals surface area contributed by atoms with Crippen molar-refractivity contribution in [2.24, 2.45) is 0 Å². The lowest BCUT2D eigenvalue weighted by Crippen LogP contribution is -2.24. The van der Waals surface area contributed by atoms with Crippen LogP contribution < -0.4 is 5.32 Å². The largest absolute Gasteiger partial charge is 0.310 e. The molecule has 0 aliphatic rings. The number of rotatable bonds is 5. The fourth-order valence-corrected chi connectivity index (χ4v) is 2.55. The van der Waals surface area contributed by atoms with Crippen LogP contribution in [0.1, 0.15) is 24.1 Å². The summed E-state index contributed by atoms with van der Waals surface area (Å²) in [4.78, 5) is 0. The van der Waals surface area contributed by atoms with E-state index in [0.717, 1.165) is 0 Å². The van der Waals surface area contributed by atoms with Crippen molar-refractivity contribution in [2.75, 3.05) is 6.54 Å². The van der Waals surface area contributed by atoms with Crippen LogP contribution in [-0.4, -0.2) is 6.54 Å². The summed E-state index contributed by atoms with van der Waals surface area (Å²) in [6.45, 7) is 2.56. The minimum absolute atomic E-state index is 0.329. The van der Waals surface area contributed by atoms with Gasteiger partial charge in [-0.05, 0) is 42.8 Å². The van der Waals surface area contributed by atoms with E-state index < -0.39 is 5.82 Å². The normalized spacial score (nSPS) is 12.4. The number of benzene rings is 2. The van der Waals surface area contributed by atoms with Gasteiger partial charge >= 0.3 is 0 Å². The van der Waals surface area contributed by atoms with Crippen molar-refractivity contribution in [1.29, 1.82) is 0 Å². The molecule has 2 aromatic carbocycles. The first-order valence-corrected chi connectivity index (χ1v) is 7.39. The second-order valence-corrected chi connectivity index (χ2v) is 5.59. The van der Waals surface area contributed by atoms with E-state index in [2.05, 4.69) is 5.32 Å². The second kappa shape index (κ2) is 7.21. The van der Waals surface area contributed by atoms with E-state index in [-0.39, 0.29) is 11.9 Å². The Labute approximate surface area is 132 Å². The fraction of sp³-hybridized carbons (Fsp3) is 0.250. The molecule has 0 aromatic heterocycles. The zero-order chi connectivity index (χ0) is 15.4. The molecule has 5 heteroatoms. The van der Waals surface area contributed by atoms with E-state index in [1.54, 1.807) is 24.3 Å². The molecule has 0 amide bonds. The molecule has 0 aliphatic carbocycles. The molecule has 0 spiro atoms. The molecular weight excluding hydrogens is 315 g/mol. The van der Waals surface area contributed by atoms with Gasteiger partial charge in [-0.15, -0.1) is 0 Å². The summed E-state index contributed by atoms with van der Waals surface area (Å²) in [5, 5.41) is 3.85. The lowest BCUT2D eigenvalue weighted by Gasteiger charge is -2.19. The quantitative estimate of drug-likeness (QED) is 0.798. The Kier molecular flexibility index (Phi) is 5.57. The lowest BCUT2D eigenvalue weighted by atomic mass is 9.98. The number of hydrogen-bond donors (Lipinski definition) is 1. The van der Waals surface area contributed by atoms with Crippen molar-refractivity contribution in [3.05, 3.63) is 69.2 Å². The minimum atomic E-state index is -0.400. The first kappa shape index (κ1) is 16.2. The number of halogens is 4. The molecular formula is C16H15Cl2F2N. The zero-order valence-electron chi connectivity index (χ0n) is 11.5. The average Bonchev–Trinajstić information content (AvgIpc) is 2.41. The van der Waals surface area contributed by atoms with Crippen molar-refractivity contribution < 1.29 is 8.78 Å². The molecule has 0 aliphatic heterocycles. The van der Waals surface area contributed by atoms with Crippen LogP contribution in [0.2, 0.25) is 10.0 Å². The molecule has 2 aromatic rings. The predicted octanol–water partition coefficient (Wildman–Crippen LogP) is 5.16. The molecule has 0 fully saturated rings. The SMILES string of the molecule is CCNC(Cc1ccc(Cl)cc1F)c1ccc(Cl)cc1F. The minimum Gasteiger partial charge on any atom is -0.310 e. The van der Waals surface area contributed by atoms with Crippen LogP contribution in [0.25, 0.3) is 0 Å². The fourth-order valence-electron chi connectivity index (χ4n) is 2.23. The summed E-state index contributed by atoms with van der Waals surface area (Å²) in [6, 6.07) is 8.69. The molecule has 1 nitrogen and oxygen atoms in total. The molecule has 0 heterocycles. The van der Waals surface area contributed by atoms with E-state index >= 15 is 0 Å². The van der Waals surface area contributed by atoms with Crippen molar-refractivity contribution >= 4 is 23.2 Å². The molecule has 0 saturated heterocycles. The summed E-state index contributed by atoms with van der Waals surface area (Å²) in [5.41, 5.74) is 0.954. The van der Waals surface area contributed by atoms with Gasteiger partial charge in [0.25, 0.3) is 0 Å². The van der Waals surface area contributed by atoms with Gasteiger partial charge in [-0.25, -0.2) is 8.78 Å². The monoisotopic (exact) mass is 329 g/mol. The smallest absolute Gasteiger partial charge is 0.129 e. The third-order valence-corrected chi connectivity index (χ3v) is 3.70. The van der Waals surface area contributed by atoms with E-state index in [1.165, 1.54) is 12.1 Å². The summed E-state index contributed by atoms with van der Waals surface area (Å²) < 4.78 is 28.0. The van der Waals surface area contributed by atoms with Crippen LogP contribution in [0.5, 0.6) is 0 Å². The van der Waals surface area contributed by atoms with Gasteiger partial charge in [-0.1, -0.05) is 42.3 Å². The Morgan fingerprint density at radius 3 is 2.19 bits per heavy atom. The van der Waals surface area contributed by atoms with E-state index in [9.17, 15) is 8.78 Å². The van der Waals surface area contributed by atoms with Crippen LogP contribution >= 0.6 is 23.2 Å². The highest BCUT2D eigenvalue weighted by atomic mass is 35.5. The molecule has 0 saturated carbocycles. The Morgan fingerprint density at radius 2 is 1.62 bits per heavy atom. The third-order valence-electron chi connectivity index (χ3n) is 3.23. The highest BCUT2D eigenvalue weighted by Crippen LogP contribution is 2.25. The lowest BCUT2D eigenvalue weighted by molar-refractivity contribution is 0.498. The van der Waals surface area contributed by atoms with Crippen LogP contribution in [0, 0.1) is 11.6 Å². The van der Waals surface area contributed by atoms with Gasteiger partial charge < -0.3 is 5.32 Å². The maximum Gasteiger partial charge on any atom is 0.129 e. The van der Waals surface area contributed by atoms with Gasteiger partial charge in [0.1, 0.15) is 11.6 Å². The summed E-state index contributed by atoms with van der Waals surface area (Å²) in [7, 11) is 0. The first-order chi connectivity index (χ1) is 10.0.